The van der Waals surface area contributed by atoms with Gasteiger partial charge in [0.1, 0.15) is 5.75 Å². The molecule has 0 saturated heterocycles. The molecule has 1 amide bonds. The van der Waals surface area contributed by atoms with E-state index >= 15 is 0 Å². The molecule has 0 aliphatic rings. The fourth-order valence-electron chi connectivity index (χ4n) is 1.36. The summed E-state index contributed by atoms with van der Waals surface area (Å²) >= 11 is 6.05. The first-order valence-electron chi connectivity index (χ1n) is 6.00. The van der Waals surface area contributed by atoms with Crippen molar-refractivity contribution in [3.63, 3.8) is 0 Å². The first-order chi connectivity index (χ1) is 9.08. The van der Waals surface area contributed by atoms with Crippen molar-refractivity contribution in [3.8, 4) is 18.1 Å². The highest BCUT2D eigenvalue weighted by atomic mass is 35.5. The number of carbonyl (C=O) groups is 1. The summed E-state index contributed by atoms with van der Waals surface area (Å²) in [5, 5.41) is 3.09. The van der Waals surface area contributed by atoms with Crippen LogP contribution in [0.5, 0.6) is 5.75 Å². The molecule has 4 nitrogen and oxygen atoms in total. The van der Waals surface area contributed by atoms with Crippen molar-refractivity contribution in [2.24, 2.45) is 5.73 Å². The predicted octanol–water partition coefficient (Wildman–Crippen LogP) is 2.42. The third-order valence-corrected chi connectivity index (χ3v) is 2.63. The summed E-state index contributed by atoms with van der Waals surface area (Å²) in [6.07, 6.45) is 6.19. The first-order valence-corrected chi connectivity index (χ1v) is 6.38. The molecule has 0 aliphatic carbocycles. The maximum absolute atomic E-state index is 11.7. The summed E-state index contributed by atoms with van der Waals surface area (Å²) in [6.45, 7) is 2.60. The van der Waals surface area contributed by atoms with E-state index in [4.69, 9.17) is 28.5 Å². The molecule has 0 aromatic heterocycles. The molecular formula is C14H17ClN2O2. The quantitative estimate of drug-likeness (QED) is 0.787. The number of ether oxygens (including phenoxy) is 1. The number of hydrogen-bond donors (Lipinski definition) is 2. The molecule has 1 aromatic rings. The molecule has 1 atom stereocenters. The third-order valence-electron chi connectivity index (χ3n) is 2.34. The van der Waals surface area contributed by atoms with Gasteiger partial charge in [0.05, 0.1) is 17.7 Å². The van der Waals surface area contributed by atoms with E-state index in [9.17, 15) is 4.79 Å². The molecule has 0 heterocycles. The van der Waals surface area contributed by atoms with Crippen molar-refractivity contribution in [2.75, 3.05) is 11.9 Å². The Morgan fingerprint density at radius 3 is 2.95 bits per heavy atom. The lowest BCUT2D eigenvalue weighted by molar-refractivity contribution is -0.117. The lowest BCUT2D eigenvalue weighted by atomic mass is 10.2. The molecular weight excluding hydrogens is 264 g/mol. The summed E-state index contributed by atoms with van der Waals surface area (Å²) in [5.74, 6) is 2.60. The molecule has 0 radical (unpaired) electrons. The van der Waals surface area contributed by atoms with Crippen molar-refractivity contribution in [1.82, 2.24) is 0 Å². The number of hydrogen-bond acceptors (Lipinski definition) is 3. The van der Waals surface area contributed by atoms with Crippen molar-refractivity contribution in [3.05, 3.63) is 23.2 Å². The van der Waals surface area contributed by atoms with Crippen LogP contribution in [0.25, 0.3) is 0 Å². The summed E-state index contributed by atoms with van der Waals surface area (Å²) in [4.78, 5) is 11.7. The molecule has 0 aliphatic heterocycles. The van der Waals surface area contributed by atoms with Crippen LogP contribution in [0.2, 0.25) is 5.02 Å². The highest BCUT2D eigenvalue weighted by Crippen LogP contribution is 2.27. The Morgan fingerprint density at radius 2 is 2.37 bits per heavy atom. The smallest absolute Gasteiger partial charge is 0.242 e. The molecule has 0 fully saturated rings. The van der Waals surface area contributed by atoms with Gasteiger partial charge in [-0.25, -0.2) is 0 Å². The number of halogens is 1. The number of anilines is 1. The van der Waals surface area contributed by atoms with Crippen LogP contribution in [0.1, 0.15) is 19.8 Å². The number of rotatable bonds is 6. The van der Waals surface area contributed by atoms with Gasteiger partial charge >= 0.3 is 0 Å². The SMILES string of the molecule is C#CCC(N)C(=O)Nc1ccc(OCCC)c(Cl)c1. The minimum atomic E-state index is -0.722. The summed E-state index contributed by atoms with van der Waals surface area (Å²) < 4.78 is 5.44. The number of benzene rings is 1. The number of nitrogens with one attached hydrogen (secondary N) is 1. The van der Waals surface area contributed by atoms with Gasteiger partial charge in [-0.05, 0) is 24.6 Å². The van der Waals surface area contributed by atoms with Crippen LogP contribution in [-0.2, 0) is 4.79 Å². The average molecular weight is 281 g/mol. The normalized spacial score (nSPS) is 11.5. The zero-order valence-electron chi connectivity index (χ0n) is 10.8. The number of carbonyl (C=O) groups excluding carboxylic acids is 1. The highest BCUT2D eigenvalue weighted by Gasteiger charge is 2.13. The number of amides is 1. The zero-order valence-corrected chi connectivity index (χ0v) is 11.5. The van der Waals surface area contributed by atoms with E-state index in [1.54, 1.807) is 18.2 Å². The van der Waals surface area contributed by atoms with E-state index in [1.807, 2.05) is 6.92 Å². The lowest BCUT2D eigenvalue weighted by Crippen LogP contribution is -2.35. The Kier molecular flexibility index (Phi) is 6.20. The van der Waals surface area contributed by atoms with Crippen molar-refractivity contribution in [2.45, 2.75) is 25.8 Å². The van der Waals surface area contributed by atoms with Crippen LogP contribution >= 0.6 is 11.6 Å². The maximum Gasteiger partial charge on any atom is 0.242 e. The van der Waals surface area contributed by atoms with E-state index in [0.717, 1.165) is 6.42 Å². The molecule has 3 N–H and O–H groups in total. The van der Waals surface area contributed by atoms with Gasteiger partial charge < -0.3 is 15.8 Å². The Balaban J connectivity index is 2.68. The van der Waals surface area contributed by atoms with Gasteiger partial charge in [0.2, 0.25) is 5.91 Å². The minimum Gasteiger partial charge on any atom is -0.492 e. The number of terminal acetylenes is 1. The van der Waals surface area contributed by atoms with Gasteiger partial charge in [-0.3, -0.25) is 4.79 Å². The second kappa shape index (κ2) is 7.67. The standard InChI is InChI=1S/C14H17ClN2O2/c1-3-5-12(16)14(18)17-10-6-7-13(11(15)9-10)19-8-4-2/h1,6-7,9,12H,4-5,8,16H2,2H3,(H,17,18). The monoisotopic (exact) mass is 280 g/mol. The maximum atomic E-state index is 11.7. The molecule has 0 saturated carbocycles. The van der Waals surface area contributed by atoms with E-state index in [0.29, 0.717) is 23.1 Å². The predicted molar refractivity (Wildman–Crippen MR) is 77.3 cm³/mol. The molecule has 1 unspecified atom stereocenters. The summed E-state index contributed by atoms with van der Waals surface area (Å²) in [7, 11) is 0. The Hall–Kier alpha value is -1.70. The largest absolute Gasteiger partial charge is 0.492 e. The zero-order chi connectivity index (χ0) is 14.3. The topological polar surface area (TPSA) is 64.4 Å². The molecule has 0 spiro atoms. The van der Waals surface area contributed by atoms with E-state index in [1.165, 1.54) is 0 Å². The highest BCUT2D eigenvalue weighted by molar-refractivity contribution is 6.32. The van der Waals surface area contributed by atoms with Crippen LogP contribution in [-0.4, -0.2) is 18.6 Å². The van der Waals surface area contributed by atoms with E-state index < -0.39 is 6.04 Å². The van der Waals surface area contributed by atoms with Crippen LogP contribution in [0.15, 0.2) is 18.2 Å². The second-order valence-corrected chi connectivity index (χ2v) is 4.40. The van der Waals surface area contributed by atoms with Crippen molar-refractivity contribution >= 4 is 23.2 Å². The summed E-state index contributed by atoms with van der Waals surface area (Å²) in [5.41, 5.74) is 6.16. The summed E-state index contributed by atoms with van der Waals surface area (Å²) in [6, 6.07) is 4.31. The molecule has 1 aromatic carbocycles. The van der Waals surface area contributed by atoms with Gasteiger partial charge in [0.25, 0.3) is 0 Å². The van der Waals surface area contributed by atoms with Gasteiger partial charge in [0, 0.05) is 12.1 Å². The van der Waals surface area contributed by atoms with Gasteiger partial charge in [-0.15, -0.1) is 12.3 Å². The fourth-order valence-corrected chi connectivity index (χ4v) is 1.60. The third kappa shape index (κ3) is 4.82. The van der Waals surface area contributed by atoms with Gasteiger partial charge in [-0.1, -0.05) is 18.5 Å². The molecule has 19 heavy (non-hydrogen) atoms. The molecule has 0 bridgehead atoms. The second-order valence-electron chi connectivity index (χ2n) is 4.00. The van der Waals surface area contributed by atoms with Crippen LogP contribution in [0.4, 0.5) is 5.69 Å². The first kappa shape index (κ1) is 15.4. The van der Waals surface area contributed by atoms with Crippen LogP contribution in [0.3, 0.4) is 0 Å². The van der Waals surface area contributed by atoms with Gasteiger partial charge in [-0.2, -0.15) is 0 Å². The van der Waals surface area contributed by atoms with E-state index in [2.05, 4.69) is 11.2 Å². The van der Waals surface area contributed by atoms with E-state index in [-0.39, 0.29) is 12.3 Å². The van der Waals surface area contributed by atoms with Crippen molar-refractivity contribution in [1.29, 1.82) is 0 Å². The molecule has 102 valence electrons. The molecule has 5 heteroatoms. The fraction of sp³-hybridized carbons (Fsp3) is 0.357. The Labute approximate surface area is 118 Å². The average Bonchev–Trinajstić information content (AvgIpc) is 2.38. The Bertz CT molecular complexity index is 483. The Morgan fingerprint density at radius 1 is 1.63 bits per heavy atom. The number of nitrogens with two attached hydrogens (primary N) is 1. The minimum absolute atomic E-state index is 0.192. The van der Waals surface area contributed by atoms with Crippen LogP contribution < -0.4 is 15.8 Å². The lowest BCUT2D eigenvalue weighted by Gasteiger charge is -2.12. The van der Waals surface area contributed by atoms with Crippen molar-refractivity contribution < 1.29 is 9.53 Å². The van der Waals surface area contributed by atoms with Crippen LogP contribution in [0, 0.1) is 12.3 Å². The molecule has 1 rings (SSSR count). The van der Waals surface area contributed by atoms with Gasteiger partial charge in [0.15, 0.2) is 0 Å².